The third-order valence-corrected chi connectivity index (χ3v) is 5.24. The van der Waals surface area contributed by atoms with E-state index in [0.29, 0.717) is 5.75 Å². The van der Waals surface area contributed by atoms with E-state index >= 15 is 0 Å². The van der Waals surface area contributed by atoms with Crippen LogP contribution < -0.4 is 5.32 Å². The van der Waals surface area contributed by atoms with Gasteiger partial charge in [0.2, 0.25) is 0 Å². The lowest BCUT2D eigenvalue weighted by molar-refractivity contribution is -0.144. The summed E-state index contributed by atoms with van der Waals surface area (Å²) in [6, 6.07) is 7.78. The van der Waals surface area contributed by atoms with Crippen molar-refractivity contribution in [3.05, 3.63) is 30.6 Å². The zero-order valence-electron chi connectivity index (χ0n) is 11.7. The van der Waals surface area contributed by atoms with E-state index in [1.54, 1.807) is 7.05 Å². The molecule has 1 saturated carbocycles. The predicted molar refractivity (Wildman–Crippen MR) is 82.4 cm³/mol. The second-order valence-corrected chi connectivity index (χ2v) is 6.25. The van der Waals surface area contributed by atoms with Crippen LogP contribution in [0.15, 0.2) is 35.6 Å². The minimum Gasteiger partial charge on any atom is -0.480 e. The van der Waals surface area contributed by atoms with Crippen molar-refractivity contribution in [3.8, 4) is 0 Å². The summed E-state index contributed by atoms with van der Waals surface area (Å²) in [5.41, 5.74) is 0.0169. The average molecular weight is 303 g/mol. The summed E-state index contributed by atoms with van der Waals surface area (Å²) in [7, 11) is 1.73. The first kappa shape index (κ1) is 14.3. The molecule has 6 heteroatoms. The van der Waals surface area contributed by atoms with E-state index in [2.05, 4.69) is 15.3 Å². The Labute approximate surface area is 127 Å². The molecule has 2 N–H and O–H groups in total. The lowest BCUT2D eigenvalue weighted by Gasteiger charge is -2.28. The van der Waals surface area contributed by atoms with Gasteiger partial charge < -0.3 is 10.4 Å². The standard InChI is InChI=1S/C15H17N3O2S/c1-16-15(14(19)20,10-6-7-10)8-21-13-11-4-2-3-5-12(11)17-9-18-13/h2-5,9-10,16H,6-8H2,1H3,(H,19,20). The van der Waals surface area contributed by atoms with Crippen LogP contribution in [0.25, 0.3) is 10.9 Å². The monoisotopic (exact) mass is 303 g/mol. The molecule has 1 unspecified atom stereocenters. The van der Waals surface area contributed by atoms with E-state index in [0.717, 1.165) is 28.8 Å². The SMILES string of the molecule is CNC(CSc1ncnc2ccccc12)(C(=O)O)C1CC1. The van der Waals surface area contributed by atoms with Gasteiger partial charge in [-0.1, -0.05) is 18.2 Å². The van der Waals surface area contributed by atoms with Gasteiger partial charge in [0.25, 0.3) is 0 Å². The number of carboxylic acids is 1. The van der Waals surface area contributed by atoms with Gasteiger partial charge in [0.05, 0.1) is 5.52 Å². The quantitative estimate of drug-likeness (QED) is 0.629. The number of thioether (sulfide) groups is 1. The fraction of sp³-hybridized carbons (Fsp3) is 0.400. The Balaban J connectivity index is 1.87. The molecule has 5 nitrogen and oxygen atoms in total. The van der Waals surface area contributed by atoms with E-state index in [-0.39, 0.29) is 5.92 Å². The molecule has 3 rings (SSSR count). The van der Waals surface area contributed by atoms with Crippen molar-refractivity contribution in [2.75, 3.05) is 12.8 Å². The highest BCUT2D eigenvalue weighted by atomic mass is 32.2. The zero-order chi connectivity index (χ0) is 14.9. The molecule has 1 fully saturated rings. The highest BCUT2D eigenvalue weighted by molar-refractivity contribution is 7.99. The summed E-state index contributed by atoms with van der Waals surface area (Å²) in [6.45, 7) is 0. The van der Waals surface area contributed by atoms with Gasteiger partial charge >= 0.3 is 5.97 Å². The molecule has 110 valence electrons. The number of carbonyl (C=O) groups is 1. The number of benzene rings is 1. The van der Waals surface area contributed by atoms with Crippen molar-refractivity contribution >= 4 is 28.6 Å². The van der Waals surface area contributed by atoms with Gasteiger partial charge in [-0.25, -0.2) is 9.97 Å². The molecule has 1 atom stereocenters. The van der Waals surface area contributed by atoms with Crippen molar-refractivity contribution in [1.82, 2.24) is 15.3 Å². The number of hydrogen-bond donors (Lipinski definition) is 2. The molecular weight excluding hydrogens is 286 g/mol. The normalized spacial score (nSPS) is 17.6. The topological polar surface area (TPSA) is 75.1 Å². The van der Waals surface area contributed by atoms with Gasteiger partial charge in [-0.05, 0) is 31.9 Å². The predicted octanol–water partition coefficient (Wildman–Crippen LogP) is 2.17. The molecule has 21 heavy (non-hydrogen) atoms. The number of fused-ring (bicyclic) bond motifs is 1. The summed E-state index contributed by atoms with van der Waals surface area (Å²) in [5, 5.41) is 14.5. The number of hydrogen-bond acceptors (Lipinski definition) is 5. The highest BCUT2D eigenvalue weighted by Crippen LogP contribution is 2.42. The lowest BCUT2D eigenvalue weighted by Crippen LogP contribution is -2.54. The number of nitrogens with zero attached hydrogens (tertiary/aromatic N) is 2. The van der Waals surface area contributed by atoms with Crippen molar-refractivity contribution < 1.29 is 9.90 Å². The lowest BCUT2D eigenvalue weighted by atomic mass is 9.96. The van der Waals surface area contributed by atoms with Crippen LogP contribution in [0.4, 0.5) is 0 Å². The Kier molecular flexibility index (Phi) is 3.82. The Morgan fingerprint density at radius 1 is 1.43 bits per heavy atom. The second-order valence-electron chi connectivity index (χ2n) is 5.29. The summed E-state index contributed by atoms with van der Waals surface area (Å²) < 4.78 is 0. The van der Waals surface area contributed by atoms with E-state index in [1.165, 1.54) is 18.1 Å². The zero-order valence-corrected chi connectivity index (χ0v) is 12.6. The third-order valence-electron chi connectivity index (χ3n) is 4.04. The van der Waals surface area contributed by atoms with Gasteiger partial charge in [-0.2, -0.15) is 0 Å². The van der Waals surface area contributed by atoms with Crippen molar-refractivity contribution in [1.29, 1.82) is 0 Å². The Hall–Kier alpha value is -1.66. The molecule has 0 aliphatic heterocycles. The molecular formula is C15H17N3O2S. The molecule has 1 aromatic heterocycles. The van der Waals surface area contributed by atoms with Crippen molar-refractivity contribution in [2.24, 2.45) is 5.92 Å². The minimum atomic E-state index is -0.864. The highest BCUT2D eigenvalue weighted by Gasteiger charge is 2.50. The first-order valence-corrected chi connectivity index (χ1v) is 7.91. The number of aromatic nitrogens is 2. The maximum absolute atomic E-state index is 11.7. The van der Waals surface area contributed by atoms with Gasteiger partial charge in [0, 0.05) is 11.1 Å². The fourth-order valence-corrected chi connectivity index (χ4v) is 3.91. The van der Waals surface area contributed by atoms with E-state index < -0.39 is 11.5 Å². The number of carboxylic acid groups (broad SMARTS) is 1. The van der Waals surface area contributed by atoms with Gasteiger partial charge in [0.15, 0.2) is 0 Å². The first-order valence-electron chi connectivity index (χ1n) is 6.92. The van der Waals surface area contributed by atoms with Crippen LogP contribution in [0.1, 0.15) is 12.8 Å². The largest absolute Gasteiger partial charge is 0.480 e. The molecule has 0 radical (unpaired) electrons. The molecule has 1 aliphatic rings. The van der Waals surface area contributed by atoms with E-state index in [1.807, 2.05) is 24.3 Å². The van der Waals surface area contributed by atoms with Gasteiger partial charge in [-0.15, -0.1) is 11.8 Å². The van der Waals surface area contributed by atoms with Crippen molar-refractivity contribution in [2.45, 2.75) is 23.4 Å². The van der Waals surface area contributed by atoms with Gasteiger partial charge in [-0.3, -0.25) is 4.79 Å². The smallest absolute Gasteiger partial charge is 0.325 e. The molecule has 1 aromatic carbocycles. The second kappa shape index (κ2) is 5.61. The van der Waals surface area contributed by atoms with Crippen LogP contribution in [-0.2, 0) is 4.79 Å². The number of rotatable bonds is 6. The molecule has 2 aromatic rings. The van der Waals surface area contributed by atoms with Crippen LogP contribution in [0.3, 0.4) is 0 Å². The summed E-state index contributed by atoms with van der Waals surface area (Å²) in [4.78, 5) is 20.3. The molecule has 1 aliphatic carbocycles. The maximum Gasteiger partial charge on any atom is 0.325 e. The van der Waals surface area contributed by atoms with E-state index in [4.69, 9.17) is 0 Å². The molecule has 1 heterocycles. The minimum absolute atomic E-state index is 0.209. The Morgan fingerprint density at radius 2 is 2.19 bits per heavy atom. The van der Waals surface area contributed by atoms with Crippen molar-refractivity contribution in [3.63, 3.8) is 0 Å². The summed E-state index contributed by atoms with van der Waals surface area (Å²) >= 11 is 1.48. The fourth-order valence-electron chi connectivity index (χ4n) is 2.59. The Morgan fingerprint density at radius 3 is 2.86 bits per heavy atom. The molecule has 0 spiro atoms. The Bertz CT molecular complexity index is 670. The van der Waals surface area contributed by atoms with Crippen LogP contribution in [0.5, 0.6) is 0 Å². The van der Waals surface area contributed by atoms with Crippen LogP contribution in [0.2, 0.25) is 0 Å². The number of para-hydroxylation sites is 1. The summed E-state index contributed by atoms with van der Waals surface area (Å²) in [6.07, 6.45) is 3.47. The van der Waals surface area contributed by atoms with E-state index in [9.17, 15) is 9.90 Å². The van der Waals surface area contributed by atoms with Gasteiger partial charge in [0.1, 0.15) is 16.9 Å². The third kappa shape index (κ3) is 2.61. The van der Waals surface area contributed by atoms with Crippen LogP contribution in [0, 0.1) is 5.92 Å². The molecule has 0 amide bonds. The number of likely N-dealkylation sites (N-methyl/N-ethyl adjacent to an activating group) is 1. The number of aliphatic carboxylic acids is 1. The number of nitrogens with one attached hydrogen (secondary N) is 1. The summed E-state index contributed by atoms with van der Waals surface area (Å²) in [5.74, 6) is -0.108. The molecule has 0 bridgehead atoms. The van der Waals surface area contributed by atoms with Crippen LogP contribution in [-0.4, -0.2) is 39.4 Å². The van der Waals surface area contributed by atoms with Crippen LogP contribution >= 0.6 is 11.8 Å². The first-order chi connectivity index (χ1) is 10.2. The average Bonchev–Trinajstić information content (AvgIpc) is 3.33. The maximum atomic E-state index is 11.7. The molecule has 0 saturated heterocycles.